The van der Waals surface area contributed by atoms with Crippen LogP contribution < -0.4 is 4.90 Å². The number of fused-ring (bicyclic) bond motifs is 1. The first-order valence-corrected chi connectivity index (χ1v) is 9.90. The quantitative estimate of drug-likeness (QED) is 0.664. The molecule has 0 bridgehead atoms. The van der Waals surface area contributed by atoms with Crippen molar-refractivity contribution in [2.75, 3.05) is 37.3 Å². The van der Waals surface area contributed by atoms with Crippen molar-refractivity contribution in [2.24, 2.45) is 0 Å². The maximum atomic E-state index is 4.54. The number of thiazole rings is 1. The minimum absolute atomic E-state index is 0.810. The molecule has 4 heterocycles. The van der Waals surface area contributed by atoms with E-state index in [-0.39, 0.29) is 0 Å². The van der Waals surface area contributed by atoms with Gasteiger partial charge in [0, 0.05) is 38.9 Å². The standard InChI is InChI=1S/C16H18N6S2/c1-23-16-20-14-13(24-16)15(19-11-18-14)22-8-6-21(7-9-22)10-12-4-2-3-5-17-12/h2-5,11H,6-10H2,1H3. The van der Waals surface area contributed by atoms with Gasteiger partial charge in [-0.1, -0.05) is 17.8 Å². The molecule has 1 saturated heterocycles. The van der Waals surface area contributed by atoms with E-state index in [0.29, 0.717) is 0 Å². The SMILES string of the molecule is CSc1nc2ncnc(N3CCN(Cc4ccccn4)CC3)c2s1. The molecule has 124 valence electrons. The van der Waals surface area contributed by atoms with E-state index in [4.69, 9.17) is 0 Å². The van der Waals surface area contributed by atoms with Gasteiger partial charge in [-0.15, -0.1) is 11.3 Å². The third-order valence-electron chi connectivity index (χ3n) is 4.11. The number of thioether (sulfide) groups is 1. The topological polar surface area (TPSA) is 58.0 Å². The minimum Gasteiger partial charge on any atom is -0.353 e. The highest BCUT2D eigenvalue weighted by atomic mass is 32.2. The Hall–Kier alpha value is -1.77. The van der Waals surface area contributed by atoms with Crippen molar-refractivity contribution in [1.82, 2.24) is 24.8 Å². The summed E-state index contributed by atoms with van der Waals surface area (Å²) < 4.78 is 2.14. The molecule has 0 saturated carbocycles. The third kappa shape index (κ3) is 3.22. The molecular formula is C16H18N6S2. The van der Waals surface area contributed by atoms with Gasteiger partial charge in [-0.25, -0.2) is 15.0 Å². The summed E-state index contributed by atoms with van der Waals surface area (Å²) in [6, 6.07) is 6.09. The Kier molecular flexibility index (Phi) is 4.59. The van der Waals surface area contributed by atoms with E-state index in [9.17, 15) is 0 Å². The predicted molar refractivity (Wildman–Crippen MR) is 98.7 cm³/mol. The summed E-state index contributed by atoms with van der Waals surface area (Å²) in [7, 11) is 0. The molecule has 0 aromatic carbocycles. The number of nitrogens with zero attached hydrogens (tertiary/aromatic N) is 6. The van der Waals surface area contributed by atoms with Crippen molar-refractivity contribution in [1.29, 1.82) is 0 Å². The molecule has 24 heavy (non-hydrogen) atoms. The zero-order valence-corrected chi connectivity index (χ0v) is 15.1. The minimum atomic E-state index is 0.810. The number of hydrogen-bond acceptors (Lipinski definition) is 8. The van der Waals surface area contributed by atoms with E-state index >= 15 is 0 Å². The lowest BCUT2D eigenvalue weighted by Crippen LogP contribution is -2.46. The van der Waals surface area contributed by atoms with Crippen molar-refractivity contribution >= 4 is 39.3 Å². The van der Waals surface area contributed by atoms with Crippen molar-refractivity contribution in [2.45, 2.75) is 10.9 Å². The van der Waals surface area contributed by atoms with Crippen molar-refractivity contribution in [3.63, 3.8) is 0 Å². The second-order valence-corrected chi connectivity index (χ2v) is 7.67. The van der Waals surface area contributed by atoms with Crippen LogP contribution in [0.3, 0.4) is 0 Å². The van der Waals surface area contributed by atoms with Gasteiger partial charge >= 0.3 is 0 Å². The average molecular weight is 358 g/mol. The fourth-order valence-corrected chi connectivity index (χ4v) is 4.40. The molecule has 3 aromatic rings. The van der Waals surface area contributed by atoms with Gasteiger partial charge in [-0.05, 0) is 18.4 Å². The summed E-state index contributed by atoms with van der Waals surface area (Å²) in [5.41, 5.74) is 1.94. The first kappa shape index (κ1) is 15.7. The third-order valence-corrected chi connectivity index (χ3v) is 6.14. The summed E-state index contributed by atoms with van der Waals surface area (Å²) in [4.78, 5) is 22.6. The van der Waals surface area contributed by atoms with Gasteiger partial charge in [0.1, 0.15) is 11.0 Å². The molecule has 1 aliphatic rings. The normalized spacial score (nSPS) is 16.0. The Morgan fingerprint density at radius 2 is 2.00 bits per heavy atom. The molecule has 3 aromatic heterocycles. The van der Waals surface area contributed by atoms with Crippen LogP contribution in [0.4, 0.5) is 5.82 Å². The van der Waals surface area contributed by atoms with E-state index in [2.05, 4.69) is 35.8 Å². The fraction of sp³-hybridized carbons (Fsp3) is 0.375. The Morgan fingerprint density at radius 1 is 1.12 bits per heavy atom. The van der Waals surface area contributed by atoms with Crippen molar-refractivity contribution in [3.8, 4) is 0 Å². The first-order valence-electron chi connectivity index (χ1n) is 7.86. The molecule has 1 aliphatic heterocycles. The Labute approximate surface area is 149 Å². The van der Waals surface area contributed by atoms with E-state index in [1.54, 1.807) is 29.4 Å². The highest BCUT2D eigenvalue weighted by molar-refractivity contribution is 8.00. The lowest BCUT2D eigenvalue weighted by atomic mass is 10.2. The Bertz CT molecular complexity index is 814. The molecule has 1 fully saturated rings. The van der Waals surface area contributed by atoms with E-state index in [1.807, 2.05) is 24.6 Å². The smallest absolute Gasteiger partial charge is 0.176 e. The molecule has 0 atom stereocenters. The summed E-state index contributed by atoms with van der Waals surface area (Å²) >= 11 is 3.34. The van der Waals surface area contributed by atoms with Gasteiger partial charge in [0.2, 0.25) is 0 Å². The van der Waals surface area contributed by atoms with Crippen LogP contribution in [0.5, 0.6) is 0 Å². The maximum absolute atomic E-state index is 4.54. The van der Waals surface area contributed by atoms with Crippen LogP contribution in [0.15, 0.2) is 35.1 Å². The fourth-order valence-electron chi connectivity index (χ4n) is 2.87. The summed E-state index contributed by atoms with van der Waals surface area (Å²) in [5, 5.41) is 0. The first-order chi connectivity index (χ1) is 11.8. The van der Waals surface area contributed by atoms with Crippen LogP contribution >= 0.6 is 23.1 Å². The number of pyridine rings is 1. The van der Waals surface area contributed by atoms with E-state index in [0.717, 1.165) is 58.9 Å². The number of anilines is 1. The van der Waals surface area contributed by atoms with Crippen molar-refractivity contribution < 1.29 is 0 Å². The van der Waals surface area contributed by atoms with E-state index in [1.165, 1.54) is 0 Å². The largest absolute Gasteiger partial charge is 0.353 e. The van der Waals surface area contributed by atoms with Gasteiger partial charge < -0.3 is 4.90 Å². The van der Waals surface area contributed by atoms with Crippen LogP contribution in [0.25, 0.3) is 10.3 Å². The van der Waals surface area contributed by atoms with Gasteiger partial charge in [0.05, 0.1) is 5.69 Å². The highest BCUT2D eigenvalue weighted by Crippen LogP contribution is 2.33. The Balaban J connectivity index is 1.47. The van der Waals surface area contributed by atoms with Crippen molar-refractivity contribution in [3.05, 3.63) is 36.4 Å². The molecule has 0 radical (unpaired) electrons. The monoisotopic (exact) mass is 358 g/mol. The molecule has 0 N–H and O–H groups in total. The molecule has 0 aliphatic carbocycles. The summed E-state index contributed by atoms with van der Waals surface area (Å²) in [6.07, 6.45) is 5.53. The van der Waals surface area contributed by atoms with E-state index < -0.39 is 0 Å². The van der Waals surface area contributed by atoms with Gasteiger partial charge in [0.25, 0.3) is 0 Å². The van der Waals surface area contributed by atoms with Crippen LogP contribution in [-0.4, -0.2) is 57.3 Å². The number of rotatable bonds is 4. The highest BCUT2D eigenvalue weighted by Gasteiger charge is 2.21. The molecule has 0 amide bonds. The zero-order chi connectivity index (χ0) is 16.4. The number of aromatic nitrogens is 4. The van der Waals surface area contributed by atoms with Gasteiger partial charge in [-0.2, -0.15) is 0 Å². The van der Waals surface area contributed by atoms with Gasteiger partial charge in [-0.3, -0.25) is 9.88 Å². The molecular weight excluding hydrogens is 340 g/mol. The van der Waals surface area contributed by atoms with Crippen LogP contribution in [-0.2, 0) is 6.54 Å². The molecule has 0 spiro atoms. The van der Waals surface area contributed by atoms with Crippen LogP contribution in [0.1, 0.15) is 5.69 Å². The summed E-state index contributed by atoms with van der Waals surface area (Å²) in [6.45, 7) is 4.86. The Morgan fingerprint density at radius 3 is 2.75 bits per heavy atom. The zero-order valence-electron chi connectivity index (χ0n) is 13.4. The second kappa shape index (κ2) is 7.00. The lowest BCUT2D eigenvalue weighted by molar-refractivity contribution is 0.247. The van der Waals surface area contributed by atoms with Crippen LogP contribution in [0.2, 0.25) is 0 Å². The maximum Gasteiger partial charge on any atom is 0.176 e. The second-order valence-electron chi connectivity index (χ2n) is 5.62. The van der Waals surface area contributed by atoms with Crippen LogP contribution in [0, 0.1) is 0 Å². The molecule has 6 nitrogen and oxygen atoms in total. The predicted octanol–water partition coefficient (Wildman–Crippen LogP) is 2.53. The number of piperazine rings is 1. The molecule has 0 unspecified atom stereocenters. The van der Waals surface area contributed by atoms with Gasteiger partial charge in [0.15, 0.2) is 15.8 Å². The lowest BCUT2D eigenvalue weighted by Gasteiger charge is -2.35. The molecule has 4 rings (SSSR count). The summed E-state index contributed by atoms with van der Waals surface area (Å²) in [5.74, 6) is 1.02. The molecule has 8 heteroatoms. The number of hydrogen-bond donors (Lipinski definition) is 0. The average Bonchev–Trinajstić information content (AvgIpc) is 3.07.